The Balaban J connectivity index is 2.30. The summed E-state index contributed by atoms with van der Waals surface area (Å²) >= 11 is 0. The van der Waals surface area contributed by atoms with Gasteiger partial charge in [-0.3, -0.25) is 0 Å². The average Bonchev–Trinajstić information content (AvgIpc) is 2.30. The Kier molecular flexibility index (Phi) is 2.75. The van der Waals surface area contributed by atoms with Crippen molar-refractivity contribution in [2.75, 3.05) is 31.2 Å². The van der Waals surface area contributed by atoms with Crippen molar-refractivity contribution in [1.29, 1.82) is 5.26 Å². The summed E-state index contributed by atoms with van der Waals surface area (Å²) in [7, 11) is 0. The second kappa shape index (κ2) is 4.20. The lowest BCUT2D eigenvalue weighted by Crippen LogP contribution is -2.36. The first kappa shape index (κ1) is 9.81. The standard InChI is InChI=1S/C11H12N2O2/c12-8-9-7-10(14)1-2-11(9)13-3-5-15-6-4-13/h1-2,7,14H,3-6H2. The Bertz CT molecular complexity index is 392. The van der Waals surface area contributed by atoms with Crippen molar-refractivity contribution >= 4 is 5.69 Å². The van der Waals surface area contributed by atoms with Crippen LogP contribution in [0, 0.1) is 11.3 Å². The summed E-state index contributed by atoms with van der Waals surface area (Å²) in [6.45, 7) is 2.95. The number of nitriles is 1. The third kappa shape index (κ3) is 2.03. The number of benzene rings is 1. The number of aromatic hydroxyl groups is 1. The molecule has 0 amide bonds. The van der Waals surface area contributed by atoms with E-state index in [-0.39, 0.29) is 5.75 Å². The van der Waals surface area contributed by atoms with Gasteiger partial charge in [0, 0.05) is 13.1 Å². The lowest BCUT2D eigenvalue weighted by Gasteiger charge is -2.29. The number of phenols is 1. The number of morpholine rings is 1. The highest BCUT2D eigenvalue weighted by atomic mass is 16.5. The molecule has 1 heterocycles. The van der Waals surface area contributed by atoms with E-state index in [9.17, 15) is 5.11 Å². The van der Waals surface area contributed by atoms with Crippen LogP contribution in [0.15, 0.2) is 18.2 Å². The molecule has 78 valence electrons. The van der Waals surface area contributed by atoms with Crippen molar-refractivity contribution in [1.82, 2.24) is 0 Å². The fourth-order valence-electron chi connectivity index (χ4n) is 1.69. The van der Waals surface area contributed by atoms with E-state index in [2.05, 4.69) is 11.0 Å². The van der Waals surface area contributed by atoms with Gasteiger partial charge in [-0.2, -0.15) is 5.26 Å². The number of hydrogen-bond donors (Lipinski definition) is 1. The van der Waals surface area contributed by atoms with Gasteiger partial charge in [0.1, 0.15) is 11.8 Å². The van der Waals surface area contributed by atoms with Crippen LogP contribution in [0.2, 0.25) is 0 Å². The topological polar surface area (TPSA) is 56.5 Å². The Morgan fingerprint density at radius 1 is 1.33 bits per heavy atom. The van der Waals surface area contributed by atoms with Crippen LogP contribution in [0.25, 0.3) is 0 Å². The third-order valence-electron chi connectivity index (χ3n) is 2.45. The van der Waals surface area contributed by atoms with Crippen molar-refractivity contribution < 1.29 is 9.84 Å². The molecule has 0 atom stereocenters. The SMILES string of the molecule is N#Cc1cc(O)ccc1N1CCOCC1. The molecule has 15 heavy (non-hydrogen) atoms. The zero-order valence-corrected chi connectivity index (χ0v) is 8.31. The van der Waals surface area contributed by atoms with Crippen LogP contribution in [-0.2, 0) is 4.74 Å². The smallest absolute Gasteiger partial charge is 0.117 e. The molecule has 1 aliphatic heterocycles. The van der Waals surface area contributed by atoms with Gasteiger partial charge in [-0.25, -0.2) is 0 Å². The van der Waals surface area contributed by atoms with E-state index in [4.69, 9.17) is 10.00 Å². The van der Waals surface area contributed by atoms with Crippen LogP contribution < -0.4 is 4.90 Å². The molecule has 1 saturated heterocycles. The van der Waals surface area contributed by atoms with E-state index in [1.807, 2.05) is 0 Å². The van der Waals surface area contributed by atoms with Crippen LogP contribution in [-0.4, -0.2) is 31.4 Å². The maximum Gasteiger partial charge on any atom is 0.117 e. The van der Waals surface area contributed by atoms with Gasteiger partial charge in [-0.1, -0.05) is 0 Å². The molecule has 0 radical (unpaired) electrons. The van der Waals surface area contributed by atoms with Gasteiger partial charge in [-0.05, 0) is 18.2 Å². The zero-order valence-electron chi connectivity index (χ0n) is 8.31. The summed E-state index contributed by atoms with van der Waals surface area (Å²) in [6.07, 6.45) is 0. The zero-order chi connectivity index (χ0) is 10.7. The molecule has 0 aliphatic carbocycles. The first-order valence-corrected chi connectivity index (χ1v) is 4.87. The minimum Gasteiger partial charge on any atom is -0.508 e. The van der Waals surface area contributed by atoms with Crippen LogP contribution in [0.3, 0.4) is 0 Å². The maximum absolute atomic E-state index is 9.27. The highest BCUT2D eigenvalue weighted by Crippen LogP contribution is 2.24. The number of nitrogens with zero attached hydrogens (tertiary/aromatic N) is 2. The molecule has 1 aliphatic rings. The summed E-state index contributed by atoms with van der Waals surface area (Å²) in [6, 6.07) is 6.96. The van der Waals surface area contributed by atoms with Crippen molar-refractivity contribution in [3.63, 3.8) is 0 Å². The van der Waals surface area contributed by atoms with E-state index in [0.29, 0.717) is 18.8 Å². The summed E-state index contributed by atoms with van der Waals surface area (Å²) in [5.41, 5.74) is 1.38. The summed E-state index contributed by atoms with van der Waals surface area (Å²) in [5, 5.41) is 18.2. The minimum absolute atomic E-state index is 0.128. The van der Waals surface area contributed by atoms with Crippen LogP contribution in [0.5, 0.6) is 5.75 Å². The Morgan fingerprint density at radius 2 is 2.07 bits per heavy atom. The molecule has 0 spiro atoms. The van der Waals surface area contributed by atoms with Crippen molar-refractivity contribution in [3.8, 4) is 11.8 Å². The molecule has 1 fully saturated rings. The van der Waals surface area contributed by atoms with Crippen molar-refractivity contribution in [3.05, 3.63) is 23.8 Å². The highest BCUT2D eigenvalue weighted by molar-refractivity contribution is 5.61. The number of anilines is 1. The average molecular weight is 204 g/mol. The van der Waals surface area contributed by atoms with Gasteiger partial charge < -0.3 is 14.7 Å². The normalized spacial score (nSPS) is 16.1. The van der Waals surface area contributed by atoms with Gasteiger partial charge in [0.25, 0.3) is 0 Å². The van der Waals surface area contributed by atoms with E-state index in [1.165, 1.54) is 6.07 Å². The number of hydrogen-bond acceptors (Lipinski definition) is 4. The van der Waals surface area contributed by atoms with Gasteiger partial charge in [-0.15, -0.1) is 0 Å². The lowest BCUT2D eigenvalue weighted by atomic mass is 10.1. The van der Waals surface area contributed by atoms with Crippen LogP contribution in [0.4, 0.5) is 5.69 Å². The molecule has 1 N–H and O–H groups in total. The highest BCUT2D eigenvalue weighted by Gasteiger charge is 2.14. The van der Waals surface area contributed by atoms with Crippen molar-refractivity contribution in [2.24, 2.45) is 0 Å². The van der Waals surface area contributed by atoms with E-state index in [1.54, 1.807) is 12.1 Å². The molecule has 0 aromatic heterocycles. The van der Waals surface area contributed by atoms with Crippen LogP contribution in [0.1, 0.15) is 5.56 Å². The molecule has 4 nitrogen and oxygen atoms in total. The third-order valence-corrected chi connectivity index (χ3v) is 2.45. The quantitative estimate of drug-likeness (QED) is 0.744. The number of ether oxygens (including phenoxy) is 1. The predicted molar refractivity (Wildman–Crippen MR) is 55.9 cm³/mol. The van der Waals surface area contributed by atoms with Crippen molar-refractivity contribution in [2.45, 2.75) is 0 Å². The number of rotatable bonds is 1. The van der Waals surface area contributed by atoms with E-state index < -0.39 is 0 Å². The molecule has 1 aromatic carbocycles. The van der Waals surface area contributed by atoms with Gasteiger partial charge >= 0.3 is 0 Å². The fourth-order valence-corrected chi connectivity index (χ4v) is 1.69. The molecule has 0 unspecified atom stereocenters. The second-order valence-corrected chi connectivity index (χ2v) is 3.41. The van der Waals surface area contributed by atoms with E-state index in [0.717, 1.165) is 18.8 Å². The Hall–Kier alpha value is -1.73. The molecule has 0 bridgehead atoms. The molecule has 2 rings (SSSR count). The van der Waals surface area contributed by atoms with Gasteiger partial charge in [0.15, 0.2) is 0 Å². The molecule has 4 heteroatoms. The summed E-state index contributed by atoms with van der Waals surface area (Å²) < 4.78 is 5.24. The van der Waals surface area contributed by atoms with Crippen LogP contribution >= 0.6 is 0 Å². The fraction of sp³-hybridized carbons (Fsp3) is 0.364. The first-order valence-electron chi connectivity index (χ1n) is 4.87. The number of phenolic OH excluding ortho intramolecular Hbond substituents is 1. The van der Waals surface area contributed by atoms with Gasteiger partial charge in [0.2, 0.25) is 0 Å². The first-order chi connectivity index (χ1) is 7.31. The summed E-state index contributed by atoms with van der Waals surface area (Å²) in [5.74, 6) is 0.128. The van der Waals surface area contributed by atoms with E-state index >= 15 is 0 Å². The molecule has 1 aromatic rings. The minimum atomic E-state index is 0.128. The monoisotopic (exact) mass is 204 g/mol. The van der Waals surface area contributed by atoms with Gasteiger partial charge in [0.05, 0.1) is 24.5 Å². The maximum atomic E-state index is 9.27. The molecular weight excluding hydrogens is 192 g/mol. The largest absolute Gasteiger partial charge is 0.508 e. The molecular formula is C11H12N2O2. The lowest BCUT2D eigenvalue weighted by molar-refractivity contribution is 0.122. The Morgan fingerprint density at radius 3 is 2.73 bits per heavy atom. The predicted octanol–water partition coefficient (Wildman–Crippen LogP) is 1.10. The molecule has 0 saturated carbocycles. The summed E-state index contributed by atoms with van der Waals surface area (Å²) in [4.78, 5) is 2.10. The Labute approximate surface area is 88.3 Å². The second-order valence-electron chi connectivity index (χ2n) is 3.41.